The quantitative estimate of drug-likeness (QED) is 0.461. The molecular formula is C7H7BrNO. The SMILES string of the molecule is Cc1c[c]c(Br)c(C)[n+]1[O-]. The smallest absolute Gasteiger partial charge is 0.204 e. The molecule has 0 aliphatic heterocycles. The first-order chi connectivity index (χ1) is 4.63. The van der Waals surface area contributed by atoms with E-state index in [0.717, 1.165) is 9.20 Å². The van der Waals surface area contributed by atoms with E-state index in [1.165, 1.54) is 0 Å². The second kappa shape index (κ2) is 2.58. The topological polar surface area (TPSA) is 26.9 Å². The van der Waals surface area contributed by atoms with Crippen LogP contribution < -0.4 is 4.73 Å². The van der Waals surface area contributed by atoms with Crippen molar-refractivity contribution in [2.24, 2.45) is 0 Å². The van der Waals surface area contributed by atoms with Gasteiger partial charge in [-0.1, -0.05) is 0 Å². The lowest BCUT2D eigenvalue weighted by atomic mass is 10.3. The van der Waals surface area contributed by atoms with Crippen molar-refractivity contribution < 1.29 is 4.73 Å². The highest BCUT2D eigenvalue weighted by Gasteiger charge is 2.06. The van der Waals surface area contributed by atoms with Crippen LogP contribution in [0.2, 0.25) is 0 Å². The van der Waals surface area contributed by atoms with Crippen molar-refractivity contribution in [2.45, 2.75) is 13.8 Å². The minimum absolute atomic E-state index is 0.653. The molecule has 2 nitrogen and oxygen atoms in total. The summed E-state index contributed by atoms with van der Waals surface area (Å²) in [4.78, 5) is 0. The first-order valence-corrected chi connectivity index (χ1v) is 3.69. The summed E-state index contributed by atoms with van der Waals surface area (Å²) in [5.41, 5.74) is 1.32. The van der Waals surface area contributed by atoms with Gasteiger partial charge >= 0.3 is 0 Å². The van der Waals surface area contributed by atoms with E-state index in [1.807, 2.05) is 0 Å². The van der Waals surface area contributed by atoms with E-state index in [2.05, 4.69) is 22.0 Å². The van der Waals surface area contributed by atoms with Crippen molar-refractivity contribution in [3.05, 3.63) is 33.2 Å². The normalized spacial score (nSPS) is 9.90. The summed E-state index contributed by atoms with van der Waals surface area (Å²) in [6, 6.07) is 4.56. The van der Waals surface area contributed by atoms with E-state index in [4.69, 9.17) is 0 Å². The van der Waals surface area contributed by atoms with Gasteiger partial charge in [0.15, 0.2) is 5.69 Å². The van der Waals surface area contributed by atoms with Crippen molar-refractivity contribution >= 4 is 15.9 Å². The molecule has 0 amide bonds. The van der Waals surface area contributed by atoms with E-state index in [9.17, 15) is 5.21 Å². The molecule has 0 unspecified atom stereocenters. The van der Waals surface area contributed by atoms with Gasteiger partial charge in [0.05, 0.1) is 4.47 Å². The zero-order valence-corrected chi connectivity index (χ0v) is 7.40. The molecule has 0 aromatic carbocycles. The summed E-state index contributed by atoms with van der Waals surface area (Å²) in [5.74, 6) is 0. The third-order valence-electron chi connectivity index (χ3n) is 1.35. The van der Waals surface area contributed by atoms with Crippen molar-refractivity contribution in [3.8, 4) is 0 Å². The van der Waals surface area contributed by atoms with Gasteiger partial charge < -0.3 is 5.21 Å². The van der Waals surface area contributed by atoms with Crippen molar-refractivity contribution in [2.75, 3.05) is 0 Å². The Morgan fingerprint density at radius 1 is 1.60 bits per heavy atom. The molecule has 1 aromatic heterocycles. The third-order valence-corrected chi connectivity index (χ3v) is 2.15. The number of rotatable bonds is 0. The van der Waals surface area contributed by atoms with Crippen molar-refractivity contribution in [1.29, 1.82) is 0 Å². The minimum Gasteiger partial charge on any atom is -0.618 e. The van der Waals surface area contributed by atoms with Gasteiger partial charge in [-0.2, -0.15) is 4.73 Å². The van der Waals surface area contributed by atoms with Crippen LogP contribution in [-0.2, 0) is 0 Å². The average Bonchev–Trinajstić information content (AvgIpc) is 1.93. The highest BCUT2D eigenvalue weighted by molar-refractivity contribution is 9.10. The molecule has 0 spiro atoms. The summed E-state index contributed by atoms with van der Waals surface area (Å²) < 4.78 is 1.61. The minimum atomic E-state index is 0.653. The molecule has 0 bridgehead atoms. The molecule has 0 fully saturated rings. The van der Waals surface area contributed by atoms with Crippen LogP contribution in [0.5, 0.6) is 0 Å². The zero-order valence-electron chi connectivity index (χ0n) is 5.81. The maximum Gasteiger partial charge on any atom is 0.204 e. The van der Waals surface area contributed by atoms with Gasteiger partial charge in [-0.25, -0.2) is 0 Å². The van der Waals surface area contributed by atoms with E-state index in [0.29, 0.717) is 11.4 Å². The molecule has 0 aliphatic carbocycles. The molecule has 1 heterocycles. The van der Waals surface area contributed by atoms with E-state index in [-0.39, 0.29) is 0 Å². The fourth-order valence-corrected chi connectivity index (χ4v) is 0.960. The Kier molecular flexibility index (Phi) is 1.94. The number of hydrogen-bond acceptors (Lipinski definition) is 1. The second-order valence-electron chi connectivity index (χ2n) is 2.12. The lowest BCUT2D eigenvalue weighted by Crippen LogP contribution is -2.33. The van der Waals surface area contributed by atoms with E-state index >= 15 is 0 Å². The largest absolute Gasteiger partial charge is 0.618 e. The van der Waals surface area contributed by atoms with E-state index < -0.39 is 0 Å². The molecule has 53 valence electrons. The fourth-order valence-electron chi connectivity index (χ4n) is 0.685. The monoisotopic (exact) mass is 200 g/mol. The highest BCUT2D eigenvalue weighted by atomic mass is 79.9. The van der Waals surface area contributed by atoms with Crippen LogP contribution in [0, 0.1) is 25.1 Å². The molecule has 1 aromatic rings. The molecule has 1 radical (unpaired) electrons. The molecule has 0 atom stereocenters. The predicted octanol–water partition coefficient (Wildman–Crippen LogP) is 1.50. The summed E-state index contributed by atoms with van der Waals surface area (Å²) in [5, 5.41) is 11.1. The summed E-state index contributed by atoms with van der Waals surface area (Å²) in [6.07, 6.45) is 0. The van der Waals surface area contributed by atoms with Gasteiger partial charge in [0.25, 0.3) is 0 Å². The fraction of sp³-hybridized carbons (Fsp3) is 0.286. The van der Waals surface area contributed by atoms with Gasteiger partial charge in [-0.05, 0) is 15.9 Å². The first kappa shape index (κ1) is 7.54. The number of pyridine rings is 1. The Morgan fingerprint density at radius 3 is 2.70 bits per heavy atom. The Labute approximate surface area is 68.2 Å². The molecule has 3 heteroatoms. The highest BCUT2D eigenvalue weighted by Crippen LogP contribution is 2.10. The Hall–Kier alpha value is -0.570. The molecule has 10 heavy (non-hydrogen) atoms. The molecule has 0 saturated heterocycles. The number of aryl methyl sites for hydroxylation is 1. The van der Waals surface area contributed by atoms with Crippen LogP contribution in [0.15, 0.2) is 10.5 Å². The third kappa shape index (κ3) is 1.14. The summed E-state index contributed by atoms with van der Waals surface area (Å²) >= 11 is 3.20. The average molecular weight is 201 g/mol. The van der Waals surface area contributed by atoms with Crippen LogP contribution in [0.1, 0.15) is 11.4 Å². The Balaban J connectivity index is 3.34. The number of hydrogen-bond donors (Lipinski definition) is 0. The number of aromatic nitrogens is 1. The second-order valence-corrected chi connectivity index (χ2v) is 2.92. The van der Waals surface area contributed by atoms with Crippen molar-refractivity contribution in [1.82, 2.24) is 0 Å². The predicted molar refractivity (Wildman–Crippen MR) is 41.4 cm³/mol. The molecule has 0 saturated carbocycles. The van der Waals surface area contributed by atoms with Crippen LogP contribution in [0.4, 0.5) is 0 Å². The lowest BCUT2D eigenvalue weighted by Gasteiger charge is -2.03. The molecule has 1 rings (SSSR count). The molecule has 0 N–H and O–H groups in total. The maximum atomic E-state index is 11.1. The Morgan fingerprint density at radius 2 is 2.20 bits per heavy atom. The van der Waals surface area contributed by atoms with E-state index in [1.54, 1.807) is 19.9 Å². The van der Waals surface area contributed by atoms with Crippen molar-refractivity contribution in [3.63, 3.8) is 0 Å². The number of nitrogens with zero attached hydrogens (tertiary/aromatic N) is 1. The van der Waals surface area contributed by atoms with Gasteiger partial charge in [0.2, 0.25) is 5.69 Å². The molecule has 0 aliphatic rings. The number of halogens is 1. The van der Waals surface area contributed by atoms with Crippen LogP contribution >= 0.6 is 15.9 Å². The summed E-state index contributed by atoms with van der Waals surface area (Å²) in [7, 11) is 0. The van der Waals surface area contributed by atoms with Crippen LogP contribution in [-0.4, -0.2) is 0 Å². The standard InChI is InChI=1S/C7H7BrNO/c1-5-3-4-7(8)6(2)9(5)10/h3H,1-2H3. The molecular weight excluding hydrogens is 194 g/mol. The van der Waals surface area contributed by atoms with Gasteiger partial charge in [-0.15, -0.1) is 0 Å². The lowest BCUT2D eigenvalue weighted by molar-refractivity contribution is -0.619. The maximum absolute atomic E-state index is 11.1. The van der Waals surface area contributed by atoms with Gasteiger partial charge in [-0.3, -0.25) is 0 Å². The Bertz CT molecular complexity index is 233. The van der Waals surface area contributed by atoms with Crippen LogP contribution in [0.3, 0.4) is 0 Å². The first-order valence-electron chi connectivity index (χ1n) is 2.90. The zero-order chi connectivity index (χ0) is 7.72. The van der Waals surface area contributed by atoms with Gasteiger partial charge in [0.1, 0.15) is 0 Å². The van der Waals surface area contributed by atoms with Crippen LogP contribution in [0.25, 0.3) is 0 Å². The summed E-state index contributed by atoms with van der Waals surface area (Å²) in [6.45, 7) is 3.50. The van der Waals surface area contributed by atoms with Gasteiger partial charge in [0, 0.05) is 26.0 Å².